The molecular weight excluding hydrogens is 216 g/mol. The summed E-state index contributed by atoms with van der Waals surface area (Å²) < 4.78 is 9.58. The Labute approximate surface area is 89.8 Å². The first-order chi connectivity index (χ1) is 7.22. The van der Waals surface area contributed by atoms with E-state index in [0.717, 1.165) is 22.5 Å². The zero-order valence-electron chi connectivity index (χ0n) is 7.56. The van der Waals surface area contributed by atoms with Gasteiger partial charge in [-0.1, -0.05) is 18.2 Å². The highest BCUT2D eigenvalue weighted by Gasteiger charge is 2.62. The molecule has 4 nitrogen and oxygen atoms in total. The van der Waals surface area contributed by atoms with Crippen molar-refractivity contribution >= 4 is 24.0 Å². The Kier molecular flexibility index (Phi) is 1.69. The summed E-state index contributed by atoms with van der Waals surface area (Å²) in [6, 6.07) is 7.52. The van der Waals surface area contributed by atoms with Crippen molar-refractivity contribution in [3.8, 4) is 0 Å². The normalized spacial score (nSPS) is 21.9. The number of cyclic esters (lactones) is 2. The molecule has 0 amide bonds. The second-order valence-electron chi connectivity index (χ2n) is 3.46. The Morgan fingerprint density at radius 3 is 2.67 bits per heavy atom. The molecule has 1 aromatic carbocycles. The highest BCUT2D eigenvalue weighted by Crippen LogP contribution is 2.42. The van der Waals surface area contributed by atoms with Crippen molar-refractivity contribution in [2.75, 3.05) is 0 Å². The maximum Gasteiger partial charge on any atom is 0.359 e. The number of rotatable bonds is 0. The van der Waals surface area contributed by atoms with Gasteiger partial charge >= 0.3 is 11.9 Å². The Morgan fingerprint density at radius 1 is 1.20 bits per heavy atom. The van der Waals surface area contributed by atoms with Gasteiger partial charge in [-0.3, -0.25) is 4.18 Å². The third-order valence-electron chi connectivity index (χ3n) is 2.53. The molecule has 2 aliphatic rings. The molecule has 2 aliphatic heterocycles. The minimum absolute atomic E-state index is 0.272. The van der Waals surface area contributed by atoms with Crippen LogP contribution in [-0.2, 0) is 24.9 Å². The van der Waals surface area contributed by atoms with Gasteiger partial charge < -0.3 is 4.74 Å². The van der Waals surface area contributed by atoms with E-state index in [1.807, 2.05) is 24.3 Å². The molecule has 76 valence electrons. The summed E-state index contributed by atoms with van der Waals surface area (Å²) in [6.45, 7) is 0. The van der Waals surface area contributed by atoms with Crippen molar-refractivity contribution in [3.63, 3.8) is 0 Å². The van der Waals surface area contributed by atoms with Crippen LogP contribution in [0.5, 0.6) is 0 Å². The predicted molar refractivity (Wildman–Crippen MR) is 50.9 cm³/mol. The van der Waals surface area contributed by atoms with Gasteiger partial charge in [-0.15, -0.1) is 0 Å². The lowest BCUT2D eigenvalue weighted by Gasteiger charge is -2.37. The van der Waals surface area contributed by atoms with E-state index in [1.165, 1.54) is 0 Å². The van der Waals surface area contributed by atoms with E-state index in [1.54, 1.807) is 0 Å². The smallest absolute Gasteiger partial charge is 0.359 e. The molecule has 1 saturated heterocycles. The highest BCUT2D eigenvalue weighted by molar-refractivity contribution is 7.94. The molecule has 0 bridgehead atoms. The lowest BCUT2D eigenvalue weighted by atomic mass is 9.91. The van der Waals surface area contributed by atoms with Gasteiger partial charge in [-0.25, -0.2) is 9.59 Å². The van der Waals surface area contributed by atoms with E-state index >= 15 is 0 Å². The van der Waals surface area contributed by atoms with Crippen molar-refractivity contribution in [1.29, 1.82) is 0 Å². The Hall–Kier alpha value is -1.33. The summed E-state index contributed by atoms with van der Waals surface area (Å²) in [4.78, 5) is 23.4. The summed E-state index contributed by atoms with van der Waals surface area (Å²) in [5.41, 5.74) is -0.433. The molecule has 0 aliphatic carbocycles. The van der Waals surface area contributed by atoms with E-state index in [9.17, 15) is 9.59 Å². The second kappa shape index (κ2) is 2.84. The number of esters is 2. The van der Waals surface area contributed by atoms with E-state index in [4.69, 9.17) is 4.18 Å². The molecule has 0 aromatic heterocycles. The molecule has 5 heteroatoms. The quantitative estimate of drug-likeness (QED) is 0.373. The third kappa shape index (κ3) is 1.07. The van der Waals surface area contributed by atoms with E-state index in [-0.39, 0.29) is 6.42 Å². The van der Waals surface area contributed by atoms with Gasteiger partial charge in [0.1, 0.15) is 0 Å². The van der Waals surface area contributed by atoms with Crippen LogP contribution in [0.2, 0.25) is 0 Å². The van der Waals surface area contributed by atoms with Gasteiger partial charge in [-0.05, 0) is 11.6 Å². The van der Waals surface area contributed by atoms with Crippen LogP contribution in [0.4, 0.5) is 0 Å². The molecule has 0 saturated carbocycles. The van der Waals surface area contributed by atoms with Gasteiger partial charge in [0.25, 0.3) is 5.60 Å². The number of carbonyl (C=O) groups excluding carboxylic acids is 2. The fourth-order valence-electron chi connectivity index (χ4n) is 1.64. The molecular formula is C10H6O4S. The molecule has 15 heavy (non-hydrogen) atoms. The Bertz CT molecular complexity index is 454. The molecule has 3 rings (SSSR count). The van der Waals surface area contributed by atoms with Crippen LogP contribution in [0.3, 0.4) is 0 Å². The average molecular weight is 222 g/mol. The molecule has 0 N–H and O–H groups in total. The maximum atomic E-state index is 11.2. The second-order valence-corrected chi connectivity index (χ2v) is 4.23. The summed E-state index contributed by atoms with van der Waals surface area (Å²) in [6.07, 6.45) is 0.272. The molecule has 0 radical (unpaired) electrons. The third-order valence-corrected chi connectivity index (χ3v) is 3.48. The first-order valence-electron chi connectivity index (χ1n) is 4.43. The molecule has 0 atom stereocenters. The standard InChI is InChI=1S/C10H6O4S/c11-8-10(9(12)13-8)5-6-3-1-2-4-7(6)15-14-10/h1-4H,5H2. The van der Waals surface area contributed by atoms with Crippen molar-refractivity contribution in [1.82, 2.24) is 0 Å². The first kappa shape index (κ1) is 8.94. The minimum atomic E-state index is -1.38. The molecule has 1 aromatic rings. The van der Waals surface area contributed by atoms with Gasteiger partial charge in [0, 0.05) is 23.4 Å². The molecule has 1 fully saturated rings. The zero-order valence-corrected chi connectivity index (χ0v) is 8.37. The van der Waals surface area contributed by atoms with Gasteiger partial charge in [0.05, 0.1) is 0 Å². The Balaban J connectivity index is 2.02. The van der Waals surface area contributed by atoms with Crippen LogP contribution in [0, 0.1) is 0 Å². The van der Waals surface area contributed by atoms with Crippen molar-refractivity contribution < 1.29 is 18.5 Å². The monoisotopic (exact) mass is 222 g/mol. The number of ether oxygens (including phenoxy) is 1. The number of carbonyl (C=O) groups is 2. The van der Waals surface area contributed by atoms with E-state index < -0.39 is 17.5 Å². The van der Waals surface area contributed by atoms with Gasteiger partial charge in [0.15, 0.2) is 0 Å². The fraction of sp³-hybridized carbons (Fsp3) is 0.200. The minimum Gasteiger partial charge on any atom is -0.388 e. The SMILES string of the molecule is O=C1OC(=O)C12Cc1ccccc1SO2. The summed E-state index contributed by atoms with van der Waals surface area (Å²) in [7, 11) is 0. The lowest BCUT2D eigenvalue weighted by molar-refractivity contribution is -0.204. The van der Waals surface area contributed by atoms with E-state index in [0.29, 0.717) is 0 Å². The summed E-state index contributed by atoms with van der Waals surface area (Å²) >= 11 is 1.06. The number of benzene rings is 1. The van der Waals surface area contributed by atoms with Crippen molar-refractivity contribution in [2.24, 2.45) is 0 Å². The number of hydrogen-bond donors (Lipinski definition) is 0. The van der Waals surface area contributed by atoms with E-state index in [2.05, 4.69) is 4.74 Å². The fourth-order valence-corrected chi connectivity index (χ4v) is 2.45. The van der Waals surface area contributed by atoms with Crippen LogP contribution in [0.1, 0.15) is 5.56 Å². The van der Waals surface area contributed by atoms with Crippen molar-refractivity contribution in [3.05, 3.63) is 29.8 Å². The Morgan fingerprint density at radius 2 is 1.93 bits per heavy atom. The van der Waals surface area contributed by atoms with Crippen LogP contribution in [0.15, 0.2) is 29.2 Å². The average Bonchev–Trinajstić information content (AvgIpc) is 2.29. The van der Waals surface area contributed by atoms with Crippen LogP contribution in [-0.4, -0.2) is 17.5 Å². The highest BCUT2D eigenvalue weighted by atomic mass is 32.2. The topological polar surface area (TPSA) is 52.6 Å². The van der Waals surface area contributed by atoms with Crippen LogP contribution < -0.4 is 0 Å². The number of fused-ring (bicyclic) bond motifs is 1. The van der Waals surface area contributed by atoms with Gasteiger partial charge in [0.2, 0.25) is 0 Å². The summed E-state index contributed by atoms with van der Waals surface area (Å²) in [5.74, 6) is -1.18. The van der Waals surface area contributed by atoms with Crippen LogP contribution in [0.25, 0.3) is 0 Å². The molecule has 2 heterocycles. The van der Waals surface area contributed by atoms with Gasteiger partial charge in [-0.2, -0.15) is 0 Å². The largest absolute Gasteiger partial charge is 0.388 e. The number of hydrogen-bond acceptors (Lipinski definition) is 5. The summed E-state index contributed by atoms with van der Waals surface area (Å²) in [5, 5.41) is 0. The van der Waals surface area contributed by atoms with Crippen LogP contribution >= 0.6 is 12.0 Å². The molecule has 1 spiro atoms. The predicted octanol–water partition coefficient (Wildman–Crippen LogP) is 1.09. The zero-order chi connectivity index (χ0) is 10.5. The van der Waals surface area contributed by atoms with Crippen molar-refractivity contribution in [2.45, 2.75) is 16.9 Å². The maximum absolute atomic E-state index is 11.2. The lowest BCUT2D eigenvalue weighted by Crippen LogP contribution is -2.62. The molecule has 0 unspecified atom stereocenters. The first-order valence-corrected chi connectivity index (χ1v) is 5.17.